The summed E-state index contributed by atoms with van der Waals surface area (Å²) in [4.78, 5) is 30.0. The third kappa shape index (κ3) is 2.42. The highest BCUT2D eigenvalue weighted by Crippen LogP contribution is 2.13. The predicted octanol–water partition coefficient (Wildman–Crippen LogP) is 0.196. The van der Waals surface area contributed by atoms with Crippen molar-refractivity contribution in [2.45, 2.75) is 18.9 Å². The van der Waals surface area contributed by atoms with E-state index in [9.17, 15) is 9.59 Å². The maximum Gasteiger partial charge on any atom is 0.260 e. The quantitative estimate of drug-likeness (QED) is 0.596. The number of fused-ring (bicyclic) bond motifs is 1. The number of hydrogen-bond acceptors (Lipinski definition) is 5. The number of aromatic nitrogens is 2. The number of nitrogens with zero attached hydrogens (tertiary/aromatic N) is 1. The monoisotopic (exact) mass is 273 g/mol. The van der Waals surface area contributed by atoms with Crippen molar-refractivity contribution >= 4 is 28.4 Å². The largest absolute Gasteiger partial charge is 0.399 e. The summed E-state index contributed by atoms with van der Waals surface area (Å²) in [5.74, 6) is 0.459. The summed E-state index contributed by atoms with van der Waals surface area (Å²) in [6.45, 7) is 0.537. The Kier molecular flexibility index (Phi) is 3.02. The minimum Gasteiger partial charge on any atom is -0.399 e. The van der Waals surface area contributed by atoms with Crippen LogP contribution in [0.2, 0.25) is 0 Å². The first-order valence-electron chi connectivity index (χ1n) is 6.44. The Hall–Kier alpha value is -2.57. The molecule has 1 saturated heterocycles. The Morgan fingerprint density at radius 2 is 2.25 bits per heavy atom. The first-order chi connectivity index (χ1) is 9.61. The van der Waals surface area contributed by atoms with E-state index in [1.807, 2.05) is 0 Å². The first kappa shape index (κ1) is 12.5. The Morgan fingerprint density at radius 3 is 3.00 bits per heavy atom. The Balaban J connectivity index is 1.80. The number of amides is 1. The van der Waals surface area contributed by atoms with E-state index < -0.39 is 0 Å². The number of carbonyl (C=O) groups is 1. The van der Waals surface area contributed by atoms with Gasteiger partial charge in [0.1, 0.15) is 0 Å². The van der Waals surface area contributed by atoms with Crippen LogP contribution in [0.15, 0.2) is 23.0 Å². The van der Waals surface area contributed by atoms with Gasteiger partial charge in [0.2, 0.25) is 11.9 Å². The van der Waals surface area contributed by atoms with Gasteiger partial charge in [-0.2, -0.15) is 0 Å². The molecule has 0 saturated carbocycles. The van der Waals surface area contributed by atoms with Crippen LogP contribution in [0.3, 0.4) is 0 Å². The van der Waals surface area contributed by atoms with Crippen molar-refractivity contribution in [1.29, 1.82) is 0 Å². The lowest BCUT2D eigenvalue weighted by Crippen LogP contribution is -2.32. The second kappa shape index (κ2) is 4.84. The summed E-state index contributed by atoms with van der Waals surface area (Å²) < 4.78 is 0. The van der Waals surface area contributed by atoms with Gasteiger partial charge >= 0.3 is 0 Å². The fourth-order valence-corrected chi connectivity index (χ4v) is 2.29. The summed E-state index contributed by atoms with van der Waals surface area (Å²) >= 11 is 0. The van der Waals surface area contributed by atoms with Gasteiger partial charge in [-0.05, 0) is 24.6 Å². The lowest BCUT2D eigenvalue weighted by Gasteiger charge is -2.11. The Labute approximate surface area is 114 Å². The number of nitrogens with one attached hydrogen (secondary N) is 3. The number of H-pyrrole nitrogens is 1. The van der Waals surface area contributed by atoms with E-state index in [1.165, 1.54) is 0 Å². The fraction of sp³-hybridized carbons (Fsp3) is 0.308. The first-order valence-corrected chi connectivity index (χ1v) is 6.44. The summed E-state index contributed by atoms with van der Waals surface area (Å²) in [6.07, 6.45) is 1.34. The maximum absolute atomic E-state index is 11.9. The number of nitrogens with two attached hydrogens (primary N) is 1. The van der Waals surface area contributed by atoms with Crippen LogP contribution in [0.1, 0.15) is 12.8 Å². The van der Waals surface area contributed by atoms with Crippen LogP contribution in [-0.4, -0.2) is 28.5 Å². The molecule has 2 heterocycles. The minimum atomic E-state index is -0.236. The summed E-state index contributed by atoms with van der Waals surface area (Å²) in [5.41, 5.74) is 6.52. The average Bonchev–Trinajstić information content (AvgIpc) is 2.83. The number of benzene rings is 1. The van der Waals surface area contributed by atoms with Crippen molar-refractivity contribution in [2.24, 2.45) is 0 Å². The van der Waals surface area contributed by atoms with Crippen molar-refractivity contribution in [3.8, 4) is 0 Å². The van der Waals surface area contributed by atoms with Crippen LogP contribution in [0.25, 0.3) is 10.9 Å². The van der Waals surface area contributed by atoms with Gasteiger partial charge in [0.15, 0.2) is 0 Å². The lowest BCUT2D eigenvalue weighted by molar-refractivity contribution is -0.119. The lowest BCUT2D eigenvalue weighted by atomic mass is 10.2. The van der Waals surface area contributed by atoms with Gasteiger partial charge in [0, 0.05) is 24.7 Å². The number of nitrogen functional groups attached to an aromatic ring is 1. The van der Waals surface area contributed by atoms with Gasteiger partial charge in [0.05, 0.1) is 10.9 Å². The third-order valence-corrected chi connectivity index (χ3v) is 3.33. The summed E-state index contributed by atoms with van der Waals surface area (Å²) in [7, 11) is 0. The Morgan fingerprint density at radius 1 is 1.40 bits per heavy atom. The molecule has 7 nitrogen and oxygen atoms in total. The van der Waals surface area contributed by atoms with Crippen LogP contribution in [-0.2, 0) is 4.79 Å². The van der Waals surface area contributed by atoms with E-state index >= 15 is 0 Å². The molecule has 3 rings (SSSR count). The number of anilines is 2. The molecule has 0 spiro atoms. The second-order valence-corrected chi connectivity index (χ2v) is 4.88. The van der Waals surface area contributed by atoms with E-state index in [-0.39, 0.29) is 17.5 Å². The highest BCUT2D eigenvalue weighted by molar-refractivity contribution is 5.81. The molecule has 1 unspecified atom stereocenters. The standard InChI is InChI=1S/C13H15N5O2/c14-7-1-3-10-9(5-7)12(20)18-13(17-10)15-6-8-2-4-11(19)16-8/h1,3,5,8H,2,4,6,14H2,(H,16,19)(H2,15,17,18,20). The molecule has 1 aliphatic rings. The van der Waals surface area contributed by atoms with Crippen molar-refractivity contribution in [3.63, 3.8) is 0 Å². The van der Waals surface area contributed by atoms with Crippen molar-refractivity contribution in [1.82, 2.24) is 15.3 Å². The van der Waals surface area contributed by atoms with E-state index in [2.05, 4.69) is 20.6 Å². The molecule has 104 valence electrons. The van der Waals surface area contributed by atoms with Crippen LogP contribution in [0.4, 0.5) is 11.6 Å². The molecule has 20 heavy (non-hydrogen) atoms. The number of carbonyl (C=O) groups excluding carboxylic acids is 1. The molecule has 2 aromatic rings. The van der Waals surface area contributed by atoms with Crippen molar-refractivity contribution in [3.05, 3.63) is 28.6 Å². The van der Waals surface area contributed by atoms with Gasteiger partial charge in [-0.15, -0.1) is 0 Å². The molecule has 1 fully saturated rings. The third-order valence-electron chi connectivity index (χ3n) is 3.33. The molecule has 0 bridgehead atoms. The topological polar surface area (TPSA) is 113 Å². The molecule has 1 amide bonds. The van der Waals surface area contributed by atoms with Crippen molar-refractivity contribution < 1.29 is 4.79 Å². The molecule has 7 heteroatoms. The number of rotatable bonds is 3. The summed E-state index contributed by atoms with van der Waals surface area (Å²) in [6, 6.07) is 5.09. The van der Waals surface area contributed by atoms with E-state index in [0.29, 0.717) is 35.5 Å². The molecular formula is C13H15N5O2. The Bertz CT molecular complexity index is 724. The maximum atomic E-state index is 11.9. The zero-order chi connectivity index (χ0) is 14.1. The average molecular weight is 273 g/mol. The summed E-state index contributed by atoms with van der Waals surface area (Å²) in [5, 5.41) is 6.35. The van der Waals surface area contributed by atoms with Gasteiger partial charge in [-0.3, -0.25) is 14.6 Å². The van der Waals surface area contributed by atoms with E-state index in [0.717, 1.165) is 6.42 Å². The van der Waals surface area contributed by atoms with Gasteiger partial charge in [-0.25, -0.2) is 4.98 Å². The molecule has 0 radical (unpaired) electrons. The SMILES string of the molecule is Nc1ccc2nc(NCC3CCC(=O)N3)[nH]c(=O)c2c1. The van der Waals surface area contributed by atoms with Crippen LogP contribution < -0.4 is 21.9 Å². The van der Waals surface area contributed by atoms with E-state index in [4.69, 9.17) is 5.73 Å². The van der Waals surface area contributed by atoms with Crippen LogP contribution in [0, 0.1) is 0 Å². The van der Waals surface area contributed by atoms with Gasteiger partial charge in [-0.1, -0.05) is 0 Å². The van der Waals surface area contributed by atoms with Crippen LogP contribution >= 0.6 is 0 Å². The highest BCUT2D eigenvalue weighted by Gasteiger charge is 2.20. The zero-order valence-corrected chi connectivity index (χ0v) is 10.8. The second-order valence-electron chi connectivity index (χ2n) is 4.88. The smallest absolute Gasteiger partial charge is 0.260 e. The molecule has 1 aliphatic heterocycles. The predicted molar refractivity (Wildman–Crippen MR) is 76.4 cm³/mol. The molecular weight excluding hydrogens is 258 g/mol. The number of hydrogen-bond donors (Lipinski definition) is 4. The van der Waals surface area contributed by atoms with Gasteiger partial charge < -0.3 is 16.4 Å². The molecule has 5 N–H and O–H groups in total. The van der Waals surface area contributed by atoms with Crippen molar-refractivity contribution in [2.75, 3.05) is 17.6 Å². The fourth-order valence-electron chi connectivity index (χ4n) is 2.29. The number of aromatic amines is 1. The van der Waals surface area contributed by atoms with E-state index in [1.54, 1.807) is 18.2 Å². The normalized spacial score (nSPS) is 18.2. The van der Waals surface area contributed by atoms with Crippen LogP contribution in [0.5, 0.6) is 0 Å². The highest BCUT2D eigenvalue weighted by atomic mass is 16.2. The minimum absolute atomic E-state index is 0.0623. The molecule has 1 aromatic carbocycles. The zero-order valence-electron chi connectivity index (χ0n) is 10.8. The molecule has 1 atom stereocenters. The molecule has 0 aliphatic carbocycles. The van der Waals surface area contributed by atoms with Gasteiger partial charge in [0.25, 0.3) is 5.56 Å². The molecule has 1 aromatic heterocycles.